The quantitative estimate of drug-likeness (QED) is 0.142. The van der Waals surface area contributed by atoms with Gasteiger partial charge in [0.05, 0.1) is 0 Å². The fourth-order valence-electron chi connectivity index (χ4n) is 3.41. The topological polar surface area (TPSA) is 80.7 Å². The van der Waals surface area contributed by atoms with Crippen LogP contribution in [0, 0.1) is 0 Å². The zero-order valence-corrected chi connectivity index (χ0v) is 18.0. The monoisotopic (exact) mass is 398 g/mol. The van der Waals surface area contributed by atoms with Gasteiger partial charge in [-0.1, -0.05) is 96.3 Å². The number of carbonyl (C=O) groups is 3. The van der Waals surface area contributed by atoms with Gasteiger partial charge in [0.1, 0.15) is 0 Å². The second-order valence-corrected chi connectivity index (χ2v) is 7.87. The third-order valence-corrected chi connectivity index (χ3v) is 5.03. The molecule has 0 saturated heterocycles. The molecular weight excluding hydrogens is 356 g/mol. The van der Waals surface area contributed by atoms with E-state index in [2.05, 4.69) is 4.74 Å². The zero-order chi connectivity index (χ0) is 20.9. The van der Waals surface area contributed by atoms with Gasteiger partial charge >= 0.3 is 17.9 Å². The first kappa shape index (κ1) is 26.6. The van der Waals surface area contributed by atoms with Crippen molar-refractivity contribution in [2.24, 2.45) is 0 Å². The second kappa shape index (κ2) is 20.3. The number of ether oxygens (including phenoxy) is 1. The predicted octanol–water partition coefficient (Wildman–Crippen LogP) is 6.57. The molecule has 164 valence electrons. The minimum atomic E-state index is -0.675. The van der Waals surface area contributed by atoms with Crippen LogP contribution in [0.4, 0.5) is 0 Å². The van der Waals surface area contributed by atoms with Crippen molar-refractivity contribution < 1.29 is 24.2 Å². The molecule has 0 aliphatic heterocycles. The minimum absolute atomic E-state index is 0.318. The normalized spacial score (nSPS) is 10.8. The van der Waals surface area contributed by atoms with Crippen LogP contribution in [0.1, 0.15) is 129 Å². The molecule has 0 aliphatic carbocycles. The Labute approximate surface area is 171 Å². The van der Waals surface area contributed by atoms with E-state index in [0.29, 0.717) is 12.8 Å². The van der Waals surface area contributed by atoms with Gasteiger partial charge in [-0.2, -0.15) is 0 Å². The number of carboxylic acid groups (broad SMARTS) is 1. The summed E-state index contributed by atoms with van der Waals surface area (Å²) in [6.45, 7) is 1.26. The van der Waals surface area contributed by atoms with Gasteiger partial charge in [0.25, 0.3) is 0 Å². The Hall–Kier alpha value is -1.39. The van der Waals surface area contributed by atoms with Gasteiger partial charge in [-0.3, -0.25) is 14.4 Å². The Morgan fingerprint density at radius 2 is 0.821 bits per heavy atom. The number of unbranched alkanes of at least 4 members (excludes halogenated alkanes) is 16. The molecule has 0 radical (unpaired) electrons. The summed E-state index contributed by atoms with van der Waals surface area (Å²) in [5.74, 6) is -1.59. The van der Waals surface area contributed by atoms with Crippen LogP contribution in [-0.2, 0) is 19.1 Å². The van der Waals surface area contributed by atoms with Crippen molar-refractivity contribution in [1.29, 1.82) is 0 Å². The highest BCUT2D eigenvalue weighted by Crippen LogP contribution is 2.14. The Morgan fingerprint density at radius 3 is 1.11 bits per heavy atom. The van der Waals surface area contributed by atoms with Crippen LogP contribution in [0.25, 0.3) is 0 Å². The lowest BCUT2D eigenvalue weighted by molar-refractivity contribution is -0.158. The molecule has 0 rings (SSSR count). The average Bonchev–Trinajstić information content (AvgIpc) is 2.62. The molecule has 0 aliphatic rings. The largest absolute Gasteiger partial charge is 0.481 e. The van der Waals surface area contributed by atoms with Gasteiger partial charge in [-0.15, -0.1) is 0 Å². The third-order valence-electron chi connectivity index (χ3n) is 5.03. The van der Waals surface area contributed by atoms with Gasteiger partial charge < -0.3 is 9.84 Å². The molecule has 1 N–H and O–H groups in total. The Balaban J connectivity index is 3.09. The van der Waals surface area contributed by atoms with Crippen molar-refractivity contribution in [3.8, 4) is 0 Å². The SMILES string of the molecule is CC(=O)OC(=O)CCCCCCCCCCCCCCCCCCCC(=O)O. The van der Waals surface area contributed by atoms with Crippen molar-refractivity contribution in [2.75, 3.05) is 0 Å². The van der Waals surface area contributed by atoms with E-state index >= 15 is 0 Å². The maximum Gasteiger partial charge on any atom is 0.313 e. The number of aliphatic carboxylic acids is 1. The first-order valence-electron chi connectivity index (χ1n) is 11.5. The molecular formula is C23H42O5. The van der Waals surface area contributed by atoms with Crippen LogP contribution in [0.2, 0.25) is 0 Å². The maximum atomic E-state index is 11.2. The molecule has 0 aromatic rings. The van der Waals surface area contributed by atoms with Crippen LogP contribution >= 0.6 is 0 Å². The van der Waals surface area contributed by atoms with Crippen LogP contribution in [0.15, 0.2) is 0 Å². The van der Waals surface area contributed by atoms with E-state index in [1.807, 2.05) is 0 Å². The van der Waals surface area contributed by atoms with Gasteiger partial charge in [-0.25, -0.2) is 0 Å². The Morgan fingerprint density at radius 1 is 0.536 bits per heavy atom. The molecule has 0 heterocycles. The van der Waals surface area contributed by atoms with Gasteiger partial charge in [0.2, 0.25) is 0 Å². The fourth-order valence-corrected chi connectivity index (χ4v) is 3.41. The molecule has 5 nitrogen and oxygen atoms in total. The standard InChI is InChI=1S/C23H42O5/c1-21(24)28-23(27)20-18-16-14-12-10-8-6-4-2-3-5-7-9-11-13-15-17-19-22(25)26/h2-20H2,1H3,(H,25,26). The van der Waals surface area contributed by atoms with Crippen molar-refractivity contribution in [3.05, 3.63) is 0 Å². The highest BCUT2D eigenvalue weighted by molar-refractivity contribution is 5.83. The lowest BCUT2D eigenvalue weighted by Gasteiger charge is -2.04. The molecule has 0 unspecified atom stereocenters. The summed E-state index contributed by atoms with van der Waals surface area (Å²) in [6.07, 6.45) is 21.1. The molecule has 5 heteroatoms. The van der Waals surface area contributed by atoms with E-state index in [1.165, 1.54) is 84.0 Å². The lowest BCUT2D eigenvalue weighted by Crippen LogP contribution is -2.08. The molecule has 0 atom stereocenters. The molecule has 0 aromatic heterocycles. The number of hydrogen-bond acceptors (Lipinski definition) is 4. The summed E-state index contributed by atoms with van der Waals surface area (Å²) in [5.41, 5.74) is 0. The van der Waals surface area contributed by atoms with E-state index in [9.17, 15) is 14.4 Å². The van der Waals surface area contributed by atoms with Crippen molar-refractivity contribution in [3.63, 3.8) is 0 Å². The van der Waals surface area contributed by atoms with E-state index in [-0.39, 0.29) is 0 Å². The summed E-state index contributed by atoms with van der Waals surface area (Å²) >= 11 is 0. The maximum absolute atomic E-state index is 11.2. The molecule has 0 fully saturated rings. The highest BCUT2D eigenvalue weighted by atomic mass is 16.6. The van der Waals surface area contributed by atoms with Crippen LogP contribution in [0.5, 0.6) is 0 Å². The van der Waals surface area contributed by atoms with Crippen LogP contribution in [-0.4, -0.2) is 23.0 Å². The zero-order valence-electron chi connectivity index (χ0n) is 18.0. The smallest absolute Gasteiger partial charge is 0.313 e. The third kappa shape index (κ3) is 22.7. The Kier molecular flexibility index (Phi) is 19.3. The highest BCUT2D eigenvalue weighted by Gasteiger charge is 2.05. The van der Waals surface area contributed by atoms with Gasteiger partial charge in [0, 0.05) is 19.8 Å². The van der Waals surface area contributed by atoms with Crippen molar-refractivity contribution >= 4 is 17.9 Å². The molecule has 0 amide bonds. The summed E-state index contributed by atoms with van der Waals surface area (Å²) in [7, 11) is 0. The fraction of sp³-hybridized carbons (Fsp3) is 0.870. The van der Waals surface area contributed by atoms with E-state index < -0.39 is 17.9 Å². The summed E-state index contributed by atoms with van der Waals surface area (Å²) in [5, 5.41) is 8.56. The summed E-state index contributed by atoms with van der Waals surface area (Å²) < 4.78 is 4.49. The molecule has 28 heavy (non-hydrogen) atoms. The predicted molar refractivity (Wildman–Crippen MR) is 112 cm³/mol. The van der Waals surface area contributed by atoms with Crippen LogP contribution < -0.4 is 0 Å². The molecule has 0 spiro atoms. The summed E-state index contributed by atoms with van der Waals surface area (Å²) in [6, 6.07) is 0. The van der Waals surface area contributed by atoms with E-state index in [4.69, 9.17) is 5.11 Å². The second-order valence-electron chi connectivity index (χ2n) is 7.87. The van der Waals surface area contributed by atoms with Gasteiger partial charge in [-0.05, 0) is 12.8 Å². The lowest BCUT2D eigenvalue weighted by atomic mass is 10.0. The van der Waals surface area contributed by atoms with Crippen molar-refractivity contribution in [2.45, 2.75) is 129 Å². The number of carboxylic acids is 1. The van der Waals surface area contributed by atoms with Gasteiger partial charge in [0.15, 0.2) is 0 Å². The van der Waals surface area contributed by atoms with Crippen LogP contribution in [0.3, 0.4) is 0 Å². The Bertz CT molecular complexity index is 406. The minimum Gasteiger partial charge on any atom is -0.481 e. The first-order chi connectivity index (χ1) is 13.5. The molecule has 0 aromatic carbocycles. The number of esters is 2. The number of carbonyl (C=O) groups excluding carboxylic acids is 2. The number of hydrogen-bond donors (Lipinski definition) is 1. The van der Waals surface area contributed by atoms with E-state index in [1.54, 1.807) is 0 Å². The average molecular weight is 399 g/mol. The first-order valence-corrected chi connectivity index (χ1v) is 11.5. The number of rotatable bonds is 20. The van der Waals surface area contributed by atoms with E-state index in [0.717, 1.165) is 32.1 Å². The molecule has 0 saturated carbocycles. The summed E-state index contributed by atoms with van der Waals surface area (Å²) in [4.78, 5) is 32.2. The molecule has 0 bridgehead atoms. The van der Waals surface area contributed by atoms with Crippen molar-refractivity contribution in [1.82, 2.24) is 0 Å².